The quantitative estimate of drug-likeness (QED) is 0.831. The molecule has 0 aliphatic heterocycles. The molecule has 0 unspecified atom stereocenters. The second kappa shape index (κ2) is 8.21. The van der Waals surface area contributed by atoms with Crippen LogP contribution in [-0.4, -0.2) is 11.7 Å². The lowest BCUT2D eigenvalue weighted by atomic mass is 10.0. The molecule has 0 saturated carbocycles. The summed E-state index contributed by atoms with van der Waals surface area (Å²) in [6.07, 6.45) is 0. The fourth-order valence-electron chi connectivity index (χ4n) is 2.62. The molecule has 0 aliphatic carbocycles. The highest BCUT2D eigenvalue weighted by Gasteiger charge is 2.11. The third-order valence-corrected chi connectivity index (χ3v) is 4.90. The number of thioether (sulfide) groups is 1. The van der Waals surface area contributed by atoms with E-state index in [4.69, 9.17) is 0 Å². The second-order valence-electron chi connectivity index (χ2n) is 6.13. The van der Waals surface area contributed by atoms with Gasteiger partial charge in [-0.25, -0.2) is 0 Å². The lowest BCUT2D eigenvalue weighted by Crippen LogP contribution is -2.28. The summed E-state index contributed by atoms with van der Waals surface area (Å²) in [7, 11) is 0. The minimum Gasteiger partial charge on any atom is -0.349 e. The van der Waals surface area contributed by atoms with E-state index in [0.29, 0.717) is 5.75 Å². The Morgan fingerprint density at radius 2 is 1.70 bits per heavy atom. The van der Waals surface area contributed by atoms with E-state index >= 15 is 0 Å². The van der Waals surface area contributed by atoms with Crippen molar-refractivity contribution in [3.05, 3.63) is 70.3 Å². The molecule has 0 spiro atoms. The first-order chi connectivity index (χ1) is 11.0. The maximum Gasteiger partial charge on any atom is 0.230 e. The molecule has 0 aromatic heterocycles. The Labute approximate surface area is 143 Å². The summed E-state index contributed by atoms with van der Waals surface area (Å²) in [6.45, 7) is 8.30. The van der Waals surface area contributed by atoms with Gasteiger partial charge in [-0.15, -0.1) is 11.8 Å². The van der Waals surface area contributed by atoms with Gasteiger partial charge >= 0.3 is 0 Å². The smallest absolute Gasteiger partial charge is 0.230 e. The van der Waals surface area contributed by atoms with Crippen molar-refractivity contribution in [1.82, 2.24) is 5.32 Å². The van der Waals surface area contributed by atoms with Crippen molar-refractivity contribution in [3.63, 3.8) is 0 Å². The Bertz CT molecular complexity index is 664. The predicted octanol–water partition coefficient (Wildman–Crippen LogP) is 4.72. The normalized spacial score (nSPS) is 12.0. The molecule has 1 amide bonds. The first kappa shape index (κ1) is 17.6. The van der Waals surface area contributed by atoms with Gasteiger partial charge in [0.2, 0.25) is 5.91 Å². The number of rotatable bonds is 6. The van der Waals surface area contributed by atoms with Crippen LogP contribution in [0.4, 0.5) is 0 Å². The van der Waals surface area contributed by atoms with Gasteiger partial charge in [0.15, 0.2) is 0 Å². The number of carbonyl (C=O) groups is 1. The Kier molecular flexibility index (Phi) is 6.28. The van der Waals surface area contributed by atoms with E-state index < -0.39 is 0 Å². The van der Waals surface area contributed by atoms with Gasteiger partial charge in [-0.3, -0.25) is 4.79 Å². The van der Waals surface area contributed by atoms with Crippen molar-refractivity contribution in [2.75, 3.05) is 5.75 Å². The van der Waals surface area contributed by atoms with Crippen molar-refractivity contribution < 1.29 is 4.79 Å². The van der Waals surface area contributed by atoms with Crippen LogP contribution in [0.1, 0.15) is 40.8 Å². The highest BCUT2D eigenvalue weighted by atomic mass is 32.2. The van der Waals surface area contributed by atoms with Crippen LogP contribution in [0.3, 0.4) is 0 Å². The van der Waals surface area contributed by atoms with Gasteiger partial charge < -0.3 is 5.32 Å². The van der Waals surface area contributed by atoms with Gasteiger partial charge in [-0.2, -0.15) is 0 Å². The van der Waals surface area contributed by atoms with Crippen LogP contribution in [0.15, 0.2) is 42.5 Å². The number of benzene rings is 2. The zero-order valence-electron chi connectivity index (χ0n) is 14.3. The maximum absolute atomic E-state index is 12.1. The van der Waals surface area contributed by atoms with Gasteiger partial charge in [-0.05, 0) is 44.4 Å². The zero-order chi connectivity index (χ0) is 16.8. The van der Waals surface area contributed by atoms with Crippen molar-refractivity contribution in [3.8, 4) is 0 Å². The SMILES string of the molecule is Cc1ccc(CSCC(=O)N[C@@H](C)c2ccc(C)cc2C)cc1. The molecule has 0 bridgehead atoms. The minimum absolute atomic E-state index is 0.0445. The number of carbonyl (C=O) groups excluding carboxylic acids is 1. The van der Waals surface area contributed by atoms with Crippen molar-refractivity contribution in [1.29, 1.82) is 0 Å². The number of aryl methyl sites for hydroxylation is 3. The van der Waals surface area contributed by atoms with Gasteiger partial charge in [0.05, 0.1) is 11.8 Å². The van der Waals surface area contributed by atoms with Gasteiger partial charge in [0.1, 0.15) is 0 Å². The Hall–Kier alpha value is -1.74. The molecule has 0 radical (unpaired) electrons. The molecule has 0 heterocycles. The predicted molar refractivity (Wildman–Crippen MR) is 99.8 cm³/mol. The summed E-state index contributed by atoms with van der Waals surface area (Å²) in [6, 6.07) is 14.9. The summed E-state index contributed by atoms with van der Waals surface area (Å²) in [4.78, 5) is 12.1. The van der Waals surface area contributed by atoms with Crippen LogP contribution >= 0.6 is 11.8 Å². The monoisotopic (exact) mass is 327 g/mol. The standard InChI is InChI=1S/C20H25NOS/c1-14-5-8-18(9-6-14)12-23-13-20(22)21-17(4)19-10-7-15(2)11-16(19)3/h5-11,17H,12-13H2,1-4H3,(H,21,22)/t17-/m0/s1. The average molecular weight is 327 g/mol. The molecule has 122 valence electrons. The molecule has 3 heteroatoms. The van der Waals surface area contributed by atoms with Crippen LogP contribution in [0.5, 0.6) is 0 Å². The zero-order valence-corrected chi connectivity index (χ0v) is 15.2. The largest absolute Gasteiger partial charge is 0.349 e. The summed E-state index contributed by atoms with van der Waals surface area (Å²) < 4.78 is 0. The second-order valence-corrected chi connectivity index (χ2v) is 7.11. The van der Waals surface area contributed by atoms with Gasteiger partial charge in [0.25, 0.3) is 0 Å². The Morgan fingerprint density at radius 1 is 1.04 bits per heavy atom. The van der Waals surface area contributed by atoms with Crippen LogP contribution in [-0.2, 0) is 10.5 Å². The number of hydrogen-bond acceptors (Lipinski definition) is 2. The maximum atomic E-state index is 12.1. The molecule has 0 fully saturated rings. The molecule has 2 nitrogen and oxygen atoms in total. The van der Waals surface area contributed by atoms with Crippen molar-refractivity contribution in [2.24, 2.45) is 0 Å². The average Bonchev–Trinajstić information content (AvgIpc) is 2.49. The number of nitrogens with one attached hydrogen (secondary N) is 1. The highest BCUT2D eigenvalue weighted by Crippen LogP contribution is 2.19. The Balaban J connectivity index is 1.81. The van der Waals surface area contributed by atoms with Crippen LogP contribution in [0.2, 0.25) is 0 Å². The molecule has 2 aromatic carbocycles. The third-order valence-electron chi connectivity index (χ3n) is 3.89. The van der Waals surface area contributed by atoms with E-state index in [1.807, 2.05) is 6.92 Å². The molecule has 2 rings (SSSR count). The van der Waals surface area contributed by atoms with E-state index in [2.05, 4.69) is 68.6 Å². The highest BCUT2D eigenvalue weighted by molar-refractivity contribution is 7.99. The molecule has 1 atom stereocenters. The molecule has 23 heavy (non-hydrogen) atoms. The van der Waals surface area contributed by atoms with E-state index in [9.17, 15) is 4.79 Å². The van der Waals surface area contributed by atoms with E-state index in [0.717, 1.165) is 5.75 Å². The van der Waals surface area contributed by atoms with E-state index in [1.54, 1.807) is 11.8 Å². The summed E-state index contributed by atoms with van der Waals surface area (Å²) in [5.74, 6) is 1.45. The summed E-state index contributed by atoms with van der Waals surface area (Å²) in [5, 5.41) is 3.09. The topological polar surface area (TPSA) is 29.1 Å². The third kappa shape index (κ3) is 5.43. The molecular weight excluding hydrogens is 302 g/mol. The molecular formula is C20H25NOS. The molecule has 0 saturated heterocycles. The van der Waals surface area contributed by atoms with E-state index in [-0.39, 0.29) is 11.9 Å². The summed E-state index contributed by atoms with van der Waals surface area (Å²) in [5.41, 5.74) is 6.19. The van der Waals surface area contributed by atoms with E-state index in [1.165, 1.54) is 27.8 Å². The Morgan fingerprint density at radius 3 is 2.35 bits per heavy atom. The minimum atomic E-state index is 0.0445. The summed E-state index contributed by atoms with van der Waals surface area (Å²) >= 11 is 1.65. The molecule has 2 aromatic rings. The van der Waals surface area contributed by atoms with Crippen LogP contribution in [0, 0.1) is 20.8 Å². The van der Waals surface area contributed by atoms with Crippen molar-refractivity contribution >= 4 is 17.7 Å². The first-order valence-corrected chi connectivity index (χ1v) is 9.11. The fraction of sp³-hybridized carbons (Fsp3) is 0.350. The molecule has 0 aliphatic rings. The van der Waals surface area contributed by atoms with Crippen LogP contribution in [0.25, 0.3) is 0 Å². The number of hydrogen-bond donors (Lipinski definition) is 1. The first-order valence-electron chi connectivity index (χ1n) is 7.95. The van der Waals surface area contributed by atoms with Gasteiger partial charge in [0, 0.05) is 5.75 Å². The number of amides is 1. The molecule has 1 N–H and O–H groups in total. The van der Waals surface area contributed by atoms with Crippen LogP contribution < -0.4 is 5.32 Å². The van der Waals surface area contributed by atoms with Crippen molar-refractivity contribution in [2.45, 2.75) is 39.5 Å². The lowest BCUT2D eigenvalue weighted by molar-refractivity contribution is -0.119. The van der Waals surface area contributed by atoms with Gasteiger partial charge in [-0.1, -0.05) is 53.6 Å². The fourth-order valence-corrected chi connectivity index (χ4v) is 3.42. The lowest BCUT2D eigenvalue weighted by Gasteiger charge is -2.17.